The van der Waals surface area contributed by atoms with Crippen LogP contribution >= 0.6 is 12.4 Å². The molecule has 1 N–H and O–H groups in total. The summed E-state index contributed by atoms with van der Waals surface area (Å²) in [5, 5.41) is 3.20. The number of piperidine rings is 1. The number of carbonyl (C=O) groups excluding carboxylic acids is 2. The maximum atomic E-state index is 12.3. The fourth-order valence-electron chi connectivity index (χ4n) is 3.10. The highest BCUT2D eigenvalue weighted by atomic mass is 35.5. The Morgan fingerprint density at radius 1 is 1.28 bits per heavy atom. The van der Waals surface area contributed by atoms with Crippen LogP contribution in [0.2, 0.25) is 0 Å². The molecule has 5 nitrogen and oxygen atoms in total. The predicted molar refractivity (Wildman–Crippen MR) is 102 cm³/mol. The molecule has 1 fully saturated rings. The first kappa shape index (κ1) is 21.5. The molecule has 0 bridgehead atoms. The number of ether oxygens (including phenoxy) is 1. The summed E-state index contributed by atoms with van der Waals surface area (Å²) in [7, 11) is 1.96. The number of amides is 1. The Morgan fingerprint density at radius 3 is 2.64 bits per heavy atom. The molecule has 1 aromatic carbocycles. The number of carbonyl (C=O) groups is 2. The summed E-state index contributed by atoms with van der Waals surface area (Å²) in [5.41, 5.74) is 0.679. The van der Waals surface area contributed by atoms with E-state index in [1.54, 1.807) is 31.2 Å². The van der Waals surface area contributed by atoms with E-state index in [4.69, 9.17) is 4.74 Å². The van der Waals surface area contributed by atoms with Gasteiger partial charge >= 0.3 is 0 Å². The zero-order chi connectivity index (χ0) is 17.4. The van der Waals surface area contributed by atoms with Crippen LogP contribution in [0.25, 0.3) is 0 Å². The van der Waals surface area contributed by atoms with Gasteiger partial charge < -0.3 is 15.0 Å². The summed E-state index contributed by atoms with van der Waals surface area (Å²) in [6.07, 6.45) is 3.53. The average Bonchev–Trinajstić information content (AvgIpc) is 2.59. The molecule has 0 saturated carbocycles. The summed E-state index contributed by atoms with van der Waals surface area (Å²) < 4.78 is 5.65. The van der Waals surface area contributed by atoms with Crippen LogP contribution in [0.3, 0.4) is 0 Å². The van der Waals surface area contributed by atoms with Crippen molar-refractivity contribution in [1.82, 2.24) is 10.2 Å². The second kappa shape index (κ2) is 11.1. The SMILES string of the molecule is CNCC1CCCN(C(=O)CCCOc2ccc(C(C)=O)cc2)C1.Cl. The molecular formula is C19H29ClN2O3. The number of Topliss-reactive ketones (excluding diaryl/α,β-unsaturated/α-hetero) is 1. The van der Waals surface area contributed by atoms with E-state index in [-0.39, 0.29) is 24.1 Å². The zero-order valence-electron chi connectivity index (χ0n) is 15.1. The summed E-state index contributed by atoms with van der Waals surface area (Å²) in [4.78, 5) is 25.5. The standard InChI is InChI=1S/C19H28N2O3.ClH/c1-15(22)17-7-9-18(10-8-17)24-12-4-6-19(23)21-11-3-5-16(14-21)13-20-2;/h7-10,16,20H,3-6,11-14H2,1-2H3;1H. The maximum Gasteiger partial charge on any atom is 0.222 e. The molecule has 1 aliphatic rings. The molecule has 0 aliphatic carbocycles. The minimum absolute atomic E-state index is 0. The van der Waals surface area contributed by atoms with Gasteiger partial charge in [-0.1, -0.05) is 0 Å². The number of hydrogen-bond donors (Lipinski definition) is 1. The average molecular weight is 369 g/mol. The molecule has 25 heavy (non-hydrogen) atoms. The Hall–Kier alpha value is -1.59. The summed E-state index contributed by atoms with van der Waals surface area (Å²) >= 11 is 0. The Labute approximate surface area is 156 Å². The molecule has 140 valence electrons. The van der Waals surface area contributed by atoms with Crippen LogP contribution in [0.15, 0.2) is 24.3 Å². The van der Waals surface area contributed by atoms with Gasteiger partial charge in [-0.2, -0.15) is 0 Å². The number of rotatable bonds is 8. The van der Waals surface area contributed by atoms with Gasteiger partial charge in [0.2, 0.25) is 5.91 Å². The lowest BCUT2D eigenvalue weighted by Gasteiger charge is -2.32. The van der Waals surface area contributed by atoms with Gasteiger partial charge in [-0.25, -0.2) is 0 Å². The minimum Gasteiger partial charge on any atom is -0.494 e. The molecule has 1 atom stereocenters. The van der Waals surface area contributed by atoms with Gasteiger partial charge in [0.15, 0.2) is 5.78 Å². The molecule has 1 aromatic rings. The summed E-state index contributed by atoms with van der Waals surface area (Å²) in [6, 6.07) is 7.12. The van der Waals surface area contributed by atoms with Gasteiger partial charge in [-0.15, -0.1) is 12.4 Å². The third-order valence-electron chi connectivity index (χ3n) is 4.43. The Balaban J connectivity index is 0.00000312. The van der Waals surface area contributed by atoms with Crippen LogP contribution in [-0.2, 0) is 4.79 Å². The number of hydrogen-bond acceptors (Lipinski definition) is 4. The van der Waals surface area contributed by atoms with E-state index in [1.807, 2.05) is 11.9 Å². The maximum absolute atomic E-state index is 12.3. The largest absolute Gasteiger partial charge is 0.494 e. The van der Waals surface area contributed by atoms with E-state index in [1.165, 1.54) is 6.42 Å². The van der Waals surface area contributed by atoms with E-state index in [9.17, 15) is 9.59 Å². The molecule has 0 aromatic heterocycles. The Bertz CT molecular complexity index is 546. The lowest BCUT2D eigenvalue weighted by Crippen LogP contribution is -2.42. The van der Waals surface area contributed by atoms with Gasteiger partial charge in [0.05, 0.1) is 6.61 Å². The number of nitrogens with one attached hydrogen (secondary N) is 1. The highest BCUT2D eigenvalue weighted by molar-refractivity contribution is 5.94. The van der Waals surface area contributed by atoms with Crippen molar-refractivity contribution in [3.05, 3.63) is 29.8 Å². The highest BCUT2D eigenvalue weighted by Crippen LogP contribution is 2.17. The van der Waals surface area contributed by atoms with Crippen LogP contribution in [0.1, 0.15) is 43.0 Å². The molecule has 1 amide bonds. The molecule has 6 heteroatoms. The van der Waals surface area contributed by atoms with E-state index in [0.29, 0.717) is 30.9 Å². The van der Waals surface area contributed by atoms with Gasteiger partial charge in [-0.3, -0.25) is 9.59 Å². The highest BCUT2D eigenvalue weighted by Gasteiger charge is 2.22. The van der Waals surface area contributed by atoms with Crippen molar-refractivity contribution >= 4 is 24.1 Å². The monoisotopic (exact) mass is 368 g/mol. The zero-order valence-corrected chi connectivity index (χ0v) is 15.9. The van der Waals surface area contributed by atoms with Crippen molar-refractivity contribution in [1.29, 1.82) is 0 Å². The Kier molecular flexibility index (Phi) is 9.53. The van der Waals surface area contributed by atoms with Crippen LogP contribution < -0.4 is 10.1 Å². The van der Waals surface area contributed by atoms with Crippen molar-refractivity contribution in [2.24, 2.45) is 5.92 Å². The van der Waals surface area contributed by atoms with Gasteiger partial charge in [0.1, 0.15) is 5.75 Å². The molecule has 1 aliphatic heterocycles. The number of ketones is 1. The van der Waals surface area contributed by atoms with Crippen LogP contribution in [0, 0.1) is 5.92 Å². The Morgan fingerprint density at radius 2 is 2.00 bits per heavy atom. The fourth-order valence-corrected chi connectivity index (χ4v) is 3.10. The second-order valence-corrected chi connectivity index (χ2v) is 6.44. The lowest BCUT2D eigenvalue weighted by atomic mass is 9.97. The first-order valence-electron chi connectivity index (χ1n) is 8.76. The van der Waals surface area contributed by atoms with Gasteiger partial charge in [-0.05, 0) is 70.0 Å². The summed E-state index contributed by atoms with van der Waals surface area (Å²) in [5.74, 6) is 1.58. The van der Waals surface area contributed by atoms with E-state index >= 15 is 0 Å². The fraction of sp³-hybridized carbons (Fsp3) is 0.579. The quantitative estimate of drug-likeness (QED) is 0.566. The number of nitrogens with zero attached hydrogens (tertiary/aromatic N) is 1. The van der Waals surface area contributed by atoms with E-state index in [0.717, 1.165) is 31.8 Å². The van der Waals surface area contributed by atoms with E-state index in [2.05, 4.69) is 5.32 Å². The minimum atomic E-state index is 0. The smallest absolute Gasteiger partial charge is 0.222 e. The van der Waals surface area contributed by atoms with Crippen molar-refractivity contribution in [2.45, 2.75) is 32.6 Å². The van der Waals surface area contributed by atoms with Crippen molar-refractivity contribution in [2.75, 3.05) is 33.3 Å². The third-order valence-corrected chi connectivity index (χ3v) is 4.43. The molecule has 2 rings (SSSR count). The molecule has 0 radical (unpaired) electrons. The predicted octanol–water partition coefficient (Wildman–Crippen LogP) is 2.93. The number of benzene rings is 1. The topological polar surface area (TPSA) is 58.6 Å². The number of likely N-dealkylation sites (tertiary alicyclic amines) is 1. The van der Waals surface area contributed by atoms with Crippen LogP contribution in [-0.4, -0.2) is 49.9 Å². The molecular weight excluding hydrogens is 340 g/mol. The molecule has 1 heterocycles. The van der Waals surface area contributed by atoms with Crippen LogP contribution in [0.4, 0.5) is 0 Å². The lowest BCUT2D eigenvalue weighted by molar-refractivity contribution is -0.133. The van der Waals surface area contributed by atoms with Crippen molar-refractivity contribution in [3.8, 4) is 5.75 Å². The van der Waals surface area contributed by atoms with Crippen LogP contribution in [0.5, 0.6) is 5.75 Å². The second-order valence-electron chi connectivity index (χ2n) is 6.44. The molecule has 1 unspecified atom stereocenters. The van der Waals surface area contributed by atoms with E-state index < -0.39 is 0 Å². The van der Waals surface area contributed by atoms with Crippen molar-refractivity contribution < 1.29 is 14.3 Å². The van der Waals surface area contributed by atoms with Gasteiger partial charge in [0.25, 0.3) is 0 Å². The number of halogens is 1. The third kappa shape index (κ3) is 7.04. The summed E-state index contributed by atoms with van der Waals surface area (Å²) in [6.45, 7) is 4.78. The first-order valence-corrected chi connectivity index (χ1v) is 8.76. The van der Waals surface area contributed by atoms with Gasteiger partial charge in [0, 0.05) is 25.1 Å². The first-order chi connectivity index (χ1) is 11.6. The normalized spacial score (nSPS) is 16.9. The molecule has 1 saturated heterocycles. The molecule has 0 spiro atoms. The van der Waals surface area contributed by atoms with Crippen molar-refractivity contribution in [3.63, 3.8) is 0 Å².